The van der Waals surface area contributed by atoms with E-state index in [1.807, 2.05) is 29.2 Å². The summed E-state index contributed by atoms with van der Waals surface area (Å²) in [6.07, 6.45) is 3.61. The summed E-state index contributed by atoms with van der Waals surface area (Å²) < 4.78 is 5.26. The summed E-state index contributed by atoms with van der Waals surface area (Å²) in [7, 11) is 1.66. The van der Waals surface area contributed by atoms with Gasteiger partial charge in [-0.2, -0.15) is 0 Å². The second-order valence-corrected chi connectivity index (χ2v) is 7.64. The van der Waals surface area contributed by atoms with Crippen molar-refractivity contribution in [1.29, 1.82) is 0 Å². The standard InChI is InChI=1S/C22H26N2O3/c1-27-20-7-6-18-12-15(2-3-19(18)13-20)14-23-21(25)16-8-10-24(11-9-16)22(26)17-4-5-17/h2-3,6-7,12-13,16-17H,4-5,8-11,14H2,1H3,(H,23,25). The fraction of sp³-hybridized carbons (Fsp3) is 0.455. The highest BCUT2D eigenvalue weighted by atomic mass is 16.5. The fourth-order valence-electron chi connectivity index (χ4n) is 3.79. The van der Waals surface area contributed by atoms with Crippen molar-refractivity contribution >= 4 is 22.6 Å². The van der Waals surface area contributed by atoms with Gasteiger partial charge >= 0.3 is 0 Å². The van der Waals surface area contributed by atoms with Crippen LogP contribution in [0.3, 0.4) is 0 Å². The van der Waals surface area contributed by atoms with Gasteiger partial charge in [0.1, 0.15) is 5.75 Å². The minimum atomic E-state index is 0.0120. The van der Waals surface area contributed by atoms with Crippen LogP contribution in [-0.2, 0) is 16.1 Å². The predicted molar refractivity (Wildman–Crippen MR) is 104 cm³/mol. The van der Waals surface area contributed by atoms with Crippen molar-refractivity contribution in [1.82, 2.24) is 10.2 Å². The molecule has 2 aromatic carbocycles. The lowest BCUT2D eigenvalue weighted by Crippen LogP contribution is -2.43. The highest BCUT2D eigenvalue weighted by Gasteiger charge is 2.35. The Morgan fingerprint density at radius 1 is 1.00 bits per heavy atom. The van der Waals surface area contributed by atoms with Crippen LogP contribution in [0.15, 0.2) is 36.4 Å². The fourth-order valence-corrected chi connectivity index (χ4v) is 3.79. The Kier molecular flexibility index (Phi) is 5.01. The van der Waals surface area contributed by atoms with Crippen LogP contribution in [0.4, 0.5) is 0 Å². The molecule has 0 spiro atoms. The van der Waals surface area contributed by atoms with Gasteiger partial charge in [-0.15, -0.1) is 0 Å². The molecule has 1 N–H and O–H groups in total. The van der Waals surface area contributed by atoms with Gasteiger partial charge in [-0.25, -0.2) is 0 Å². The average Bonchev–Trinajstić information content (AvgIpc) is 3.56. The van der Waals surface area contributed by atoms with Crippen molar-refractivity contribution in [3.8, 4) is 5.75 Å². The first-order valence-electron chi connectivity index (χ1n) is 9.77. The zero-order valence-electron chi connectivity index (χ0n) is 15.7. The quantitative estimate of drug-likeness (QED) is 0.885. The summed E-state index contributed by atoms with van der Waals surface area (Å²) in [6.45, 7) is 1.96. The molecule has 1 aliphatic heterocycles. The van der Waals surface area contributed by atoms with E-state index < -0.39 is 0 Å². The number of nitrogens with one attached hydrogen (secondary N) is 1. The lowest BCUT2D eigenvalue weighted by atomic mass is 9.95. The van der Waals surface area contributed by atoms with Gasteiger partial charge in [0.05, 0.1) is 7.11 Å². The topological polar surface area (TPSA) is 58.6 Å². The number of likely N-dealkylation sites (tertiary alicyclic amines) is 1. The number of hydrogen-bond acceptors (Lipinski definition) is 3. The minimum Gasteiger partial charge on any atom is -0.497 e. The summed E-state index contributed by atoms with van der Waals surface area (Å²) in [5, 5.41) is 5.32. The maximum Gasteiger partial charge on any atom is 0.225 e. The number of methoxy groups -OCH3 is 1. The molecule has 1 saturated carbocycles. The van der Waals surface area contributed by atoms with Crippen LogP contribution in [0, 0.1) is 11.8 Å². The molecule has 0 atom stereocenters. The molecular weight excluding hydrogens is 340 g/mol. The van der Waals surface area contributed by atoms with Crippen LogP contribution in [0.2, 0.25) is 0 Å². The van der Waals surface area contributed by atoms with Gasteiger partial charge in [0.15, 0.2) is 0 Å². The van der Waals surface area contributed by atoms with Crippen LogP contribution >= 0.6 is 0 Å². The monoisotopic (exact) mass is 366 g/mol. The van der Waals surface area contributed by atoms with Gasteiger partial charge in [0.2, 0.25) is 11.8 Å². The van der Waals surface area contributed by atoms with E-state index in [1.165, 1.54) is 0 Å². The van der Waals surface area contributed by atoms with E-state index in [0.29, 0.717) is 25.5 Å². The number of benzene rings is 2. The van der Waals surface area contributed by atoms with Crippen molar-refractivity contribution in [2.45, 2.75) is 32.2 Å². The van der Waals surface area contributed by atoms with Crippen molar-refractivity contribution in [2.24, 2.45) is 11.8 Å². The van der Waals surface area contributed by atoms with Crippen molar-refractivity contribution < 1.29 is 14.3 Å². The van der Waals surface area contributed by atoms with Crippen LogP contribution < -0.4 is 10.1 Å². The number of fused-ring (bicyclic) bond motifs is 1. The molecule has 5 heteroatoms. The van der Waals surface area contributed by atoms with E-state index >= 15 is 0 Å². The maximum absolute atomic E-state index is 12.5. The summed E-state index contributed by atoms with van der Waals surface area (Å²) >= 11 is 0. The van der Waals surface area contributed by atoms with E-state index in [9.17, 15) is 9.59 Å². The minimum absolute atomic E-state index is 0.0120. The van der Waals surface area contributed by atoms with E-state index in [0.717, 1.165) is 47.8 Å². The van der Waals surface area contributed by atoms with E-state index in [4.69, 9.17) is 4.74 Å². The lowest BCUT2D eigenvalue weighted by Gasteiger charge is -2.31. The molecule has 2 amide bonds. The zero-order chi connectivity index (χ0) is 18.8. The van der Waals surface area contributed by atoms with E-state index in [2.05, 4.69) is 17.4 Å². The van der Waals surface area contributed by atoms with Crippen LogP contribution in [0.1, 0.15) is 31.2 Å². The van der Waals surface area contributed by atoms with Crippen LogP contribution in [0.25, 0.3) is 10.8 Å². The van der Waals surface area contributed by atoms with Gasteiger partial charge in [-0.1, -0.05) is 18.2 Å². The summed E-state index contributed by atoms with van der Waals surface area (Å²) in [4.78, 5) is 26.6. The molecule has 0 bridgehead atoms. The third-order valence-corrected chi connectivity index (χ3v) is 5.68. The molecule has 5 nitrogen and oxygen atoms in total. The number of carbonyl (C=O) groups excluding carboxylic acids is 2. The SMILES string of the molecule is COc1ccc2cc(CNC(=O)C3CCN(C(=O)C4CC4)CC3)ccc2c1. The Hall–Kier alpha value is -2.56. The first kappa shape index (κ1) is 17.8. The molecule has 27 heavy (non-hydrogen) atoms. The number of nitrogens with zero attached hydrogens (tertiary/aromatic N) is 1. The maximum atomic E-state index is 12.5. The molecular formula is C22H26N2O3. The van der Waals surface area contributed by atoms with Crippen molar-refractivity contribution in [3.63, 3.8) is 0 Å². The Balaban J connectivity index is 1.30. The van der Waals surface area contributed by atoms with Gasteiger partial charge in [0.25, 0.3) is 0 Å². The predicted octanol–water partition coefficient (Wildman–Crippen LogP) is 3.11. The Morgan fingerprint density at radius 2 is 1.70 bits per heavy atom. The second kappa shape index (κ2) is 7.59. The first-order chi connectivity index (χ1) is 13.1. The molecule has 1 saturated heterocycles. The third kappa shape index (κ3) is 4.07. The second-order valence-electron chi connectivity index (χ2n) is 7.64. The number of piperidine rings is 1. The number of carbonyl (C=O) groups is 2. The molecule has 2 fully saturated rings. The first-order valence-corrected chi connectivity index (χ1v) is 9.77. The summed E-state index contributed by atoms with van der Waals surface area (Å²) in [6, 6.07) is 12.2. The molecule has 0 unspecified atom stereocenters. The van der Waals surface area contributed by atoms with Crippen LogP contribution in [0.5, 0.6) is 5.75 Å². The van der Waals surface area contributed by atoms with Gasteiger partial charge < -0.3 is 15.0 Å². The molecule has 4 rings (SSSR count). The van der Waals surface area contributed by atoms with Crippen molar-refractivity contribution in [2.75, 3.05) is 20.2 Å². The van der Waals surface area contributed by atoms with Gasteiger partial charge in [0, 0.05) is 31.5 Å². The molecule has 0 radical (unpaired) electrons. The largest absolute Gasteiger partial charge is 0.497 e. The number of ether oxygens (including phenoxy) is 1. The Morgan fingerprint density at radius 3 is 2.41 bits per heavy atom. The zero-order valence-corrected chi connectivity index (χ0v) is 15.7. The van der Waals surface area contributed by atoms with Gasteiger partial charge in [-0.3, -0.25) is 9.59 Å². The normalized spacial score (nSPS) is 17.7. The highest BCUT2D eigenvalue weighted by molar-refractivity contribution is 5.85. The molecule has 1 heterocycles. The Bertz CT molecular complexity index is 852. The Labute approximate surface area is 159 Å². The third-order valence-electron chi connectivity index (χ3n) is 5.68. The van der Waals surface area contributed by atoms with Gasteiger partial charge in [-0.05, 0) is 60.2 Å². The van der Waals surface area contributed by atoms with Crippen LogP contribution in [-0.4, -0.2) is 36.9 Å². The average molecular weight is 366 g/mol. The van der Waals surface area contributed by atoms with E-state index in [1.54, 1.807) is 7.11 Å². The number of hydrogen-bond donors (Lipinski definition) is 1. The molecule has 0 aromatic heterocycles. The summed E-state index contributed by atoms with van der Waals surface area (Å²) in [5.41, 5.74) is 1.09. The molecule has 1 aliphatic carbocycles. The number of rotatable bonds is 5. The highest BCUT2D eigenvalue weighted by Crippen LogP contribution is 2.32. The summed E-state index contributed by atoms with van der Waals surface area (Å²) in [5.74, 6) is 1.52. The molecule has 2 aromatic rings. The van der Waals surface area contributed by atoms with Crippen molar-refractivity contribution in [3.05, 3.63) is 42.0 Å². The molecule has 2 aliphatic rings. The molecule has 142 valence electrons. The number of amides is 2. The van der Waals surface area contributed by atoms with E-state index in [-0.39, 0.29) is 17.7 Å². The smallest absolute Gasteiger partial charge is 0.225 e. The lowest BCUT2D eigenvalue weighted by molar-refractivity contribution is -0.136.